The molecule has 12 heteroatoms. The molecule has 4 heterocycles. The molecule has 1 aliphatic heterocycles. The van der Waals surface area contributed by atoms with Crippen LogP contribution >= 0.6 is 0 Å². The zero-order valence-electron chi connectivity index (χ0n) is 23.4. The first-order valence-corrected chi connectivity index (χ1v) is 13.2. The molecule has 0 radical (unpaired) electrons. The third kappa shape index (κ3) is 5.51. The minimum absolute atomic E-state index is 0.125. The van der Waals surface area contributed by atoms with E-state index in [4.69, 9.17) is 5.10 Å². The van der Waals surface area contributed by atoms with Gasteiger partial charge >= 0.3 is 6.03 Å². The smallest absolute Gasteiger partial charge is 0.321 e. The van der Waals surface area contributed by atoms with E-state index in [1.54, 1.807) is 32.7 Å². The third-order valence-corrected chi connectivity index (χ3v) is 6.86. The quantitative estimate of drug-likeness (QED) is 0.367. The molecule has 0 spiro atoms. The van der Waals surface area contributed by atoms with E-state index in [9.17, 15) is 9.59 Å². The minimum Gasteiger partial charge on any atom is -0.347 e. The average molecular weight is 543 g/mol. The number of amides is 3. The van der Waals surface area contributed by atoms with Gasteiger partial charge in [0.25, 0.3) is 5.91 Å². The lowest BCUT2D eigenvalue weighted by Gasteiger charge is -2.28. The summed E-state index contributed by atoms with van der Waals surface area (Å²) in [6.07, 6.45) is 7.92. The first-order chi connectivity index (χ1) is 19.2. The molecule has 3 aromatic heterocycles. The number of carbonyl (C=O) groups is 2. The van der Waals surface area contributed by atoms with E-state index < -0.39 is 0 Å². The lowest BCUT2D eigenvalue weighted by Crippen LogP contribution is -2.34. The molecular weight excluding hydrogens is 508 g/mol. The molecule has 4 aromatic rings. The van der Waals surface area contributed by atoms with Crippen molar-refractivity contribution in [2.24, 2.45) is 7.05 Å². The van der Waals surface area contributed by atoms with E-state index in [0.717, 1.165) is 41.2 Å². The number of aryl methyl sites for hydroxylation is 1. The van der Waals surface area contributed by atoms with Crippen LogP contribution in [-0.2, 0) is 26.6 Å². The number of anilines is 2. The van der Waals surface area contributed by atoms with Crippen molar-refractivity contribution < 1.29 is 9.59 Å². The summed E-state index contributed by atoms with van der Waals surface area (Å²) in [5.74, 6) is 1.18. The second-order valence-electron chi connectivity index (χ2n) is 10.3. The van der Waals surface area contributed by atoms with Crippen LogP contribution in [0.25, 0.3) is 11.4 Å². The summed E-state index contributed by atoms with van der Waals surface area (Å²) >= 11 is 0. The van der Waals surface area contributed by atoms with Gasteiger partial charge in [-0.15, -0.1) is 0 Å². The van der Waals surface area contributed by atoms with Crippen LogP contribution < -0.4 is 15.5 Å². The molecule has 3 amide bonds. The molecule has 0 atom stereocenters. The minimum atomic E-state index is -0.228. The van der Waals surface area contributed by atoms with Crippen LogP contribution in [0.3, 0.4) is 0 Å². The summed E-state index contributed by atoms with van der Waals surface area (Å²) in [5.41, 5.74) is 4.84. The summed E-state index contributed by atoms with van der Waals surface area (Å²) in [7, 11) is 5.30. The van der Waals surface area contributed by atoms with Gasteiger partial charge in [-0.25, -0.2) is 19.7 Å². The van der Waals surface area contributed by atoms with Crippen molar-refractivity contribution in [3.63, 3.8) is 0 Å². The maximum Gasteiger partial charge on any atom is 0.321 e. The molecule has 0 bridgehead atoms. The normalized spacial score (nSPS) is 12.8. The number of fused-ring (bicyclic) bond motifs is 1. The van der Waals surface area contributed by atoms with Gasteiger partial charge in [0.2, 0.25) is 5.95 Å². The van der Waals surface area contributed by atoms with Crippen molar-refractivity contribution in [2.45, 2.75) is 39.4 Å². The fourth-order valence-electron chi connectivity index (χ4n) is 4.68. The van der Waals surface area contributed by atoms with Gasteiger partial charge < -0.3 is 25.0 Å². The highest BCUT2D eigenvalue weighted by atomic mass is 16.2. The largest absolute Gasteiger partial charge is 0.347 e. The maximum absolute atomic E-state index is 13.4. The highest BCUT2D eigenvalue weighted by Crippen LogP contribution is 2.28. The molecule has 5 rings (SSSR count). The Labute approximate surface area is 233 Å². The molecular formula is C28H34N10O2. The van der Waals surface area contributed by atoms with Crippen molar-refractivity contribution in [3.8, 4) is 11.4 Å². The Morgan fingerprint density at radius 3 is 2.42 bits per heavy atom. The summed E-state index contributed by atoms with van der Waals surface area (Å²) in [5, 5.41) is 10.5. The fourth-order valence-corrected chi connectivity index (χ4v) is 4.68. The number of hydrogen-bond acceptors (Lipinski definition) is 7. The lowest BCUT2D eigenvalue weighted by molar-refractivity contribution is 0.0944. The van der Waals surface area contributed by atoms with Crippen molar-refractivity contribution in [1.29, 1.82) is 0 Å². The first-order valence-electron chi connectivity index (χ1n) is 13.2. The number of nitrogens with one attached hydrogen (secondary N) is 2. The highest BCUT2D eigenvalue weighted by molar-refractivity contribution is 5.94. The number of benzene rings is 1. The second kappa shape index (κ2) is 11.2. The Kier molecular flexibility index (Phi) is 7.50. The van der Waals surface area contributed by atoms with Gasteiger partial charge in [-0.3, -0.25) is 9.48 Å². The van der Waals surface area contributed by atoms with Crippen LogP contribution in [-0.4, -0.2) is 66.8 Å². The maximum atomic E-state index is 13.4. The standard InChI is InChI=1S/C28H34N10O2/c1-18(2)38-23-10-12-37(27-31-15-20(16-32-27)25-29-11-13-36(25)5)17-22(23)24(34-38)26(39)30-14-19-6-8-21(9-7-19)33-28(40)35(3)4/h6-9,11,13,15-16,18H,10,12,14,17H2,1-5H3,(H,30,39)(H,33,40). The second-order valence-corrected chi connectivity index (χ2v) is 10.3. The SMILES string of the molecule is CC(C)n1nc(C(=O)NCc2ccc(NC(=O)N(C)C)cc2)c2c1CCN(c1ncc(-c3nccn3C)cn1)C2. The number of imidazole rings is 1. The van der Waals surface area contributed by atoms with Crippen LogP contribution in [0.1, 0.15) is 47.2 Å². The molecule has 0 unspecified atom stereocenters. The van der Waals surface area contributed by atoms with Gasteiger partial charge in [-0.1, -0.05) is 12.1 Å². The van der Waals surface area contributed by atoms with Crippen LogP contribution in [0.15, 0.2) is 49.1 Å². The summed E-state index contributed by atoms with van der Waals surface area (Å²) in [6.45, 7) is 5.69. The van der Waals surface area contributed by atoms with E-state index >= 15 is 0 Å². The zero-order valence-corrected chi connectivity index (χ0v) is 23.4. The van der Waals surface area contributed by atoms with E-state index in [1.165, 1.54) is 4.90 Å². The number of rotatable bonds is 7. The van der Waals surface area contributed by atoms with Crippen molar-refractivity contribution in [1.82, 2.24) is 39.5 Å². The summed E-state index contributed by atoms with van der Waals surface area (Å²) < 4.78 is 3.88. The number of hydrogen-bond donors (Lipinski definition) is 2. The molecule has 2 N–H and O–H groups in total. The predicted octanol–water partition coefficient (Wildman–Crippen LogP) is 3.24. The third-order valence-electron chi connectivity index (χ3n) is 6.86. The summed E-state index contributed by atoms with van der Waals surface area (Å²) in [4.78, 5) is 42.3. The monoisotopic (exact) mass is 542 g/mol. The Bertz CT molecular complexity index is 1500. The van der Waals surface area contributed by atoms with Crippen molar-refractivity contribution >= 4 is 23.6 Å². The predicted molar refractivity (Wildman–Crippen MR) is 152 cm³/mol. The molecule has 0 saturated heterocycles. The molecule has 0 aliphatic carbocycles. The average Bonchev–Trinajstić information content (AvgIpc) is 3.56. The molecule has 0 saturated carbocycles. The van der Waals surface area contributed by atoms with Gasteiger partial charge in [0, 0.05) is 88.4 Å². The van der Waals surface area contributed by atoms with E-state index in [0.29, 0.717) is 30.4 Å². The lowest BCUT2D eigenvalue weighted by atomic mass is 10.0. The molecule has 208 valence electrons. The molecule has 1 aliphatic rings. The van der Waals surface area contributed by atoms with E-state index in [2.05, 4.69) is 44.3 Å². The van der Waals surface area contributed by atoms with Crippen LogP contribution in [0, 0.1) is 0 Å². The van der Waals surface area contributed by atoms with Crippen molar-refractivity contribution in [3.05, 3.63) is 71.6 Å². The fraction of sp³-hybridized carbons (Fsp3) is 0.357. The molecule has 40 heavy (non-hydrogen) atoms. The van der Waals surface area contributed by atoms with E-state index in [-0.39, 0.29) is 18.0 Å². The van der Waals surface area contributed by atoms with Crippen LogP contribution in [0.2, 0.25) is 0 Å². The highest BCUT2D eigenvalue weighted by Gasteiger charge is 2.30. The van der Waals surface area contributed by atoms with Crippen LogP contribution in [0.4, 0.5) is 16.4 Å². The Balaban J connectivity index is 1.30. The van der Waals surface area contributed by atoms with Crippen molar-refractivity contribution in [2.75, 3.05) is 30.9 Å². The molecule has 12 nitrogen and oxygen atoms in total. The number of aromatic nitrogens is 6. The molecule has 1 aromatic carbocycles. The molecule has 0 fully saturated rings. The van der Waals surface area contributed by atoms with Crippen LogP contribution in [0.5, 0.6) is 0 Å². The number of carbonyl (C=O) groups excluding carboxylic acids is 2. The summed E-state index contributed by atoms with van der Waals surface area (Å²) in [6, 6.07) is 7.31. The van der Waals surface area contributed by atoms with Gasteiger partial charge in [0.1, 0.15) is 5.82 Å². The van der Waals surface area contributed by atoms with Gasteiger partial charge in [-0.2, -0.15) is 5.10 Å². The van der Waals surface area contributed by atoms with E-state index in [1.807, 2.05) is 46.8 Å². The van der Waals surface area contributed by atoms with Gasteiger partial charge in [0.15, 0.2) is 5.69 Å². The van der Waals surface area contributed by atoms with Gasteiger partial charge in [0.05, 0.1) is 12.1 Å². The topological polar surface area (TPSA) is 126 Å². The Morgan fingerprint density at radius 2 is 1.80 bits per heavy atom. The van der Waals surface area contributed by atoms with Gasteiger partial charge in [-0.05, 0) is 31.5 Å². The number of urea groups is 1. The number of nitrogens with zero attached hydrogens (tertiary/aromatic N) is 8. The zero-order chi connectivity index (χ0) is 28.4. The Hall–Kier alpha value is -4.74. The Morgan fingerprint density at radius 1 is 1.07 bits per heavy atom. The first kappa shape index (κ1) is 26.9.